The average Bonchev–Trinajstić information content (AvgIpc) is 2.85. The van der Waals surface area contributed by atoms with Gasteiger partial charge in [-0.1, -0.05) is 27.7 Å². The lowest BCUT2D eigenvalue weighted by Gasteiger charge is -2.52. The molecule has 1 N–H and O–H groups in total. The van der Waals surface area contributed by atoms with E-state index in [1.807, 2.05) is 11.6 Å². The predicted octanol–water partition coefficient (Wildman–Crippen LogP) is 3.63. The number of nitrogens with zero attached hydrogens (tertiary/aromatic N) is 1. The maximum Gasteiger partial charge on any atom is 0.109 e. The second-order valence-corrected chi connectivity index (χ2v) is 7.51. The second-order valence-electron chi connectivity index (χ2n) is 6.58. The normalized spacial score (nSPS) is 27.3. The number of aromatic nitrogens is 1. The van der Waals surface area contributed by atoms with Crippen molar-refractivity contribution in [2.24, 2.45) is 11.3 Å². The summed E-state index contributed by atoms with van der Waals surface area (Å²) in [4.78, 5) is 4.38. The first-order chi connectivity index (χ1) is 8.91. The van der Waals surface area contributed by atoms with Crippen LogP contribution in [0.4, 0.5) is 0 Å². The molecule has 0 spiro atoms. The van der Waals surface area contributed by atoms with Gasteiger partial charge in [0.15, 0.2) is 0 Å². The predicted molar refractivity (Wildman–Crippen MR) is 80.4 cm³/mol. The minimum Gasteiger partial charge on any atom is -0.377 e. The molecule has 1 aromatic heterocycles. The van der Waals surface area contributed by atoms with E-state index < -0.39 is 0 Å². The standard InChI is InChI=1S/C15H26N2OS/c1-10(2)9-18-13-8-12(15(13,4)5)17-11(3)14-16-6-7-19-14/h6-7,10-13,17H,8-9H2,1-5H3. The van der Waals surface area contributed by atoms with Gasteiger partial charge in [-0.2, -0.15) is 0 Å². The zero-order chi connectivity index (χ0) is 14.0. The number of ether oxygens (including phenoxy) is 1. The quantitative estimate of drug-likeness (QED) is 0.865. The summed E-state index contributed by atoms with van der Waals surface area (Å²) < 4.78 is 6.00. The van der Waals surface area contributed by atoms with Gasteiger partial charge in [0.25, 0.3) is 0 Å². The van der Waals surface area contributed by atoms with Crippen LogP contribution in [0.15, 0.2) is 11.6 Å². The molecule has 1 aliphatic carbocycles. The molecule has 19 heavy (non-hydrogen) atoms. The highest BCUT2D eigenvalue weighted by molar-refractivity contribution is 7.09. The Morgan fingerprint density at radius 1 is 1.47 bits per heavy atom. The number of hydrogen-bond acceptors (Lipinski definition) is 4. The molecule has 2 rings (SSSR count). The number of hydrogen-bond donors (Lipinski definition) is 1. The fourth-order valence-electron chi connectivity index (χ4n) is 2.58. The Hall–Kier alpha value is -0.450. The van der Waals surface area contributed by atoms with Gasteiger partial charge >= 0.3 is 0 Å². The summed E-state index contributed by atoms with van der Waals surface area (Å²) in [7, 11) is 0. The molecule has 1 aromatic rings. The molecule has 1 heterocycles. The molecule has 1 aliphatic rings. The Balaban J connectivity index is 1.84. The number of nitrogens with one attached hydrogen (secondary N) is 1. The van der Waals surface area contributed by atoms with E-state index in [1.165, 1.54) is 5.01 Å². The van der Waals surface area contributed by atoms with Gasteiger partial charge in [-0.15, -0.1) is 11.3 Å². The lowest BCUT2D eigenvalue weighted by atomic mass is 9.64. The fourth-order valence-corrected chi connectivity index (χ4v) is 3.24. The zero-order valence-corrected chi connectivity index (χ0v) is 13.5. The lowest BCUT2D eigenvalue weighted by Crippen LogP contribution is -2.61. The largest absolute Gasteiger partial charge is 0.377 e. The van der Waals surface area contributed by atoms with Gasteiger partial charge in [0, 0.05) is 29.6 Å². The molecule has 3 unspecified atom stereocenters. The monoisotopic (exact) mass is 282 g/mol. The maximum atomic E-state index is 6.00. The summed E-state index contributed by atoms with van der Waals surface area (Å²) in [6, 6.07) is 0.846. The minimum absolute atomic E-state index is 0.209. The molecular weight excluding hydrogens is 256 g/mol. The van der Waals surface area contributed by atoms with Crippen molar-refractivity contribution in [2.45, 2.75) is 59.2 Å². The van der Waals surface area contributed by atoms with Gasteiger partial charge in [-0.25, -0.2) is 4.98 Å². The van der Waals surface area contributed by atoms with E-state index in [4.69, 9.17) is 4.74 Å². The van der Waals surface area contributed by atoms with Crippen LogP contribution in [-0.4, -0.2) is 23.7 Å². The van der Waals surface area contributed by atoms with E-state index >= 15 is 0 Å². The van der Waals surface area contributed by atoms with Crippen LogP contribution in [0.2, 0.25) is 0 Å². The topological polar surface area (TPSA) is 34.1 Å². The van der Waals surface area contributed by atoms with Gasteiger partial charge in [0.2, 0.25) is 0 Å². The van der Waals surface area contributed by atoms with Crippen LogP contribution in [0, 0.1) is 11.3 Å². The molecular formula is C15H26N2OS. The molecule has 0 radical (unpaired) electrons. The van der Waals surface area contributed by atoms with Crippen molar-refractivity contribution in [3.63, 3.8) is 0 Å². The zero-order valence-electron chi connectivity index (χ0n) is 12.6. The highest BCUT2D eigenvalue weighted by Gasteiger charge is 2.49. The van der Waals surface area contributed by atoms with Crippen molar-refractivity contribution in [2.75, 3.05) is 6.61 Å². The third kappa shape index (κ3) is 3.36. The molecule has 3 nitrogen and oxygen atoms in total. The van der Waals surface area contributed by atoms with E-state index in [2.05, 4.69) is 44.9 Å². The molecule has 0 aromatic carbocycles. The third-order valence-electron chi connectivity index (χ3n) is 4.08. The first-order valence-corrected chi connectivity index (χ1v) is 8.06. The van der Waals surface area contributed by atoms with Crippen LogP contribution in [0.5, 0.6) is 0 Å². The Kier molecular flexibility index (Phi) is 4.64. The van der Waals surface area contributed by atoms with E-state index in [0.29, 0.717) is 24.1 Å². The Labute approximate surface area is 120 Å². The van der Waals surface area contributed by atoms with Crippen LogP contribution in [0.25, 0.3) is 0 Å². The summed E-state index contributed by atoms with van der Waals surface area (Å²) in [5.74, 6) is 0.608. The Morgan fingerprint density at radius 3 is 2.74 bits per heavy atom. The first-order valence-electron chi connectivity index (χ1n) is 7.18. The summed E-state index contributed by atoms with van der Waals surface area (Å²) >= 11 is 1.72. The maximum absolute atomic E-state index is 6.00. The summed E-state index contributed by atoms with van der Waals surface area (Å²) in [5.41, 5.74) is 0.209. The second kappa shape index (κ2) is 5.90. The van der Waals surface area contributed by atoms with Crippen molar-refractivity contribution in [3.05, 3.63) is 16.6 Å². The van der Waals surface area contributed by atoms with Gasteiger partial charge in [-0.05, 0) is 19.3 Å². The highest BCUT2D eigenvalue weighted by Crippen LogP contribution is 2.43. The molecule has 1 saturated carbocycles. The van der Waals surface area contributed by atoms with Gasteiger partial charge in [-0.3, -0.25) is 0 Å². The van der Waals surface area contributed by atoms with Gasteiger partial charge < -0.3 is 10.1 Å². The summed E-state index contributed by atoms with van der Waals surface area (Å²) in [6.45, 7) is 12.1. The van der Waals surface area contributed by atoms with Crippen molar-refractivity contribution in [3.8, 4) is 0 Å². The SMILES string of the molecule is CC(C)COC1CC(NC(C)c2nccs2)C1(C)C. The summed E-state index contributed by atoms with van der Waals surface area (Å²) in [6.07, 6.45) is 3.37. The van der Waals surface area contributed by atoms with E-state index in [1.54, 1.807) is 11.3 Å². The molecule has 0 aliphatic heterocycles. The Bertz CT molecular complexity index is 389. The van der Waals surface area contributed by atoms with Crippen molar-refractivity contribution in [1.82, 2.24) is 10.3 Å². The highest BCUT2D eigenvalue weighted by atomic mass is 32.1. The van der Waals surface area contributed by atoms with Crippen molar-refractivity contribution < 1.29 is 4.74 Å². The third-order valence-corrected chi connectivity index (χ3v) is 5.04. The van der Waals surface area contributed by atoms with Crippen LogP contribution >= 0.6 is 11.3 Å². The molecule has 4 heteroatoms. The van der Waals surface area contributed by atoms with E-state index in [-0.39, 0.29) is 5.41 Å². The molecule has 3 atom stereocenters. The lowest BCUT2D eigenvalue weighted by molar-refractivity contribution is -0.125. The van der Waals surface area contributed by atoms with Crippen LogP contribution in [0.3, 0.4) is 0 Å². The minimum atomic E-state index is 0.209. The smallest absolute Gasteiger partial charge is 0.109 e. The molecule has 0 saturated heterocycles. The number of thiazole rings is 1. The molecule has 1 fully saturated rings. The van der Waals surface area contributed by atoms with E-state index in [9.17, 15) is 0 Å². The Morgan fingerprint density at radius 2 is 2.21 bits per heavy atom. The van der Waals surface area contributed by atoms with Crippen LogP contribution in [0.1, 0.15) is 52.1 Å². The summed E-state index contributed by atoms with van der Waals surface area (Å²) in [5, 5.41) is 6.90. The molecule has 108 valence electrons. The van der Waals surface area contributed by atoms with E-state index in [0.717, 1.165) is 13.0 Å². The number of rotatable bonds is 6. The fraction of sp³-hybridized carbons (Fsp3) is 0.800. The van der Waals surface area contributed by atoms with Gasteiger partial charge in [0.05, 0.1) is 12.1 Å². The van der Waals surface area contributed by atoms with Crippen molar-refractivity contribution >= 4 is 11.3 Å². The van der Waals surface area contributed by atoms with Crippen LogP contribution in [-0.2, 0) is 4.74 Å². The van der Waals surface area contributed by atoms with Crippen LogP contribution < -0.4 is 5.32 Å². The molecule has 0 bridgehead atoms. The van der Waals surface area contributed by atoms with Crippen molar-refractivity contribution in [1.29, 1.82) is 0 Å². The first kappa shape index (κ1) is 14.9. The van der Waals surface area contributed by atoms with Gasteiger partial charge in [0.1, 0.15) is 5.01 Å². The average molecular weight is 282 g/mol. The molecule has 0 amide bonds.